The van der Waals surface area contributed by atoms with Crippen LogP contribution in [-0.2, 0) is 0 Å². The van der Waals surface area contributed by atoms with E-state index in [1.54, 1.807) is 0 Å². The Balaban J connectivity index is 1.64. The smallest absolute Gasteiger partial charge is 0.232 e. The van der Waals surface area contributed by atoms with Gasteiger partial charge in [0.2, 0.25) is 6.04 Å². The lowest BCUT2D eigenvalue weighted by molar-refractivity contribution is -0.527. The van der Waals surface area contributed by atoms with Crippen LogP contribution in [0.15, 0.2) is 54.6 Å². The van der Waals surface area contributed by atoms with Crippen LogP contribution in [0.3, 0.4) is 0 Å². The summed E-state index contributed by atoms with van der Waals surface area (Å²) in [4.78, 5) is 11.0. The fourth-order valence-electron chi connectivity index (χ4n) is 2.99. The Bertz CT molecular complexity index is 643. The molecule has 1 saturated carbocycles. The van der Waals surface area contributed by atoms with E-state index in [9.17, 15) is 10.1 Å². The fraction of sp³-hybridized carbons (Fsp3) is 0.333. The maximum absolute atomic E-state index is 11.2. The summed E-state index contributed by atoms with van der Waals surface area (Å²) in [6.45, 7) is 0. The second-order valence-corrected chi connectivity index (χ2v) is 5.83. The summed E-state index contributed by atoms with van der Waals surface area (Å²) in [5.74, 6) is 1.53. The molecule has 5 nitrogen and oxygen atoms in total. The molecule has 3 rings (SSSR count). The van der Waals surface area contributed by atoms with Crippen LogP contribution in [0.1, 0.15) is 25.7 Å². The molecule has 23 heavy (non-hydrogen) atoms. The third-order valence-corrected chi connectivity index (χ3v) is 4.19. The minimum atomic E-state index is -0.496. The molecule has 1 aliphatic rings. The monoisotopic (exact) mass is 312 g/mol. The summed E-state index contributed by atoms with van der Waals surface area (Å²) >= 11 is 0. The fourth-order valence-corrected chi connectivity index (χ4v) is 2.99. The van der Waals surface area contributed by atoms with E-state index in [0.717, 1.165) is 36.4 Å². The van der Waals surface area contributed by atoms with Crippen molar-refractivity contribution in [1.29, 1.82) is 0 Å². The van der Waals surface area contributed by atoms with Crippen LogP contribution in [-0.4, -0.2) is 17.0 Å². The van der Waals surface area contributed by atoms with Crippen molar-refractivity contribution < 1.29 is 9.66 Å². The largest absolute Gasteiger partial charge is 0.457 e. The van der Waals surface area contributed by atoms with Gasteiger partial charge in [-0.1, -0.05) is 24.6 Å². The number of benzene rings is 2. The third kappa shape index (κ3) is 4.00. The number of nitrogens with zero attached hydrogens (tertiary/aromatic N) is 1. The Kier molecular flexibility index (Phi) is 4.76. The first-order valence-corrected chi connectivity index (χ1v) is 7.95. The molecule has 0 heterocycles. The van der Waals surface area contributed by atoms with Crippen molar-refractivity contribution in [3.05, 3.63) is 64.7 Å². The normalized spacial score (nSPS) is 20.7. The number of anilines is 1. The lowest BCUT2D eigenvalue weighted by Gasteiger charge is -2.27. The molecule has 1 N–H and O–H groups in total. The van der Waals surface area contributed by atoms with Crippen LogP contribution < -0.4 is 10.1 Å². The van der Waals surface area contributed by atoms with Gasteiger partial charge in [-0.05, 0) is 49.2 Å². The van der Waals surface area contributed by atoms with Crippen molar-refractivity contribution in [2.45, 2.75) is 37.8 Å². The molecule has 2 aromatic rings. The van der Waals surface area contributed by atoms with E-state index >= 15 is 0 Å². The molecule has 1 aliphatic carbocycles. The standard InChI is InChI=1S/C18H20N2O3/c21-20(22)18-9-5-4-8-17(18)19-14-10-12-16(13-11-14)23-15-6-2-1-3-7-15/h1-3,6-7,10-13,17-19H,4-5,8-9H2/t17-,18-/m1/s1. The van der Waals surface area contributed by atoms with Crippen LogP contribution in [0.4, 0.5) is 5.69 Å². The first kappa shape index (κ1) is 15.3. The Labute approximate surface area is 135 Å². The molecular formula is C18H20N2O3. The van der Waals surface area contributed by atoms with E-state index < -0.39 is 6.04 Å². The van der Waals surface area contributed by atoms with Gasteiger partial charge < -0.3 is 10.1 Å². The van der Waals surface area contributed by atoms with Crippen molar-refractivity contribution in [1.82, 2.24) is 0 Å². The van der Waals surface area contributed by atoms with Gasteiger partial charge in [0.05, 0.1) is 6.04 Å². The summed E-state index contributed by atoms with van der Waals surface area (Å²) in [6, 6.07) is 16.6. The molecule has 2 aromatic carbocycles. The SMILES string of the molecule is O=[N+]([O-])[C@@H]1CCCC[C@H]1Nc1ccc(Oc2ccccc2)cc1. The van der Waals surface area contributed by atoms with Crippen LogP contribution in [0.25, 0.3) is 0 Å². The molecule has 0 saturated heterocycles. The van der Waals surface area contributed by atoms with Crippen molar-refractivity contribution in [3.8, 4) is 11.5 Å². The number of ether oxygens (including phenoxy) is 1. The number of nitrogens with one attached hydrogen (secondary N) is 1. The minimum absolute atomic E-state index is 0.0976. The molecule has 0 unspecified atom stereocenters. The van der Waals surface area contributed by atoms with Gasteiger partial charge >= 0.3 is 0 Å². The van der Waals surface area contributed by atoms with E-state index in [0.29, 0.717) is 6.42 Å². The van der Waals surface area contributed by atoms with Crippen LogP contribution >= 0.6 is 0 Å². The van der Waals surface area contributed by atoms with Gasteiger partial charge in [-0.2, -0.15) is 0 Å². The summed E-state index contributed by atoms with van der Waals surface area (Å²) in [5, 5.41) is 14.5. The van der Waals surface area contributed by atoms with Crippen molar-refractivity contribution in [2.75, 3.05) is 5.32 Å². The van der Waals surface area contributed by atoms with Gasteiger partial charge in [0.25, 0.3) is 0 Å². The van der Waals surface area contributed by atoms with E-state index in [1.807, 2.05) is 54.6 Å². The first-order chi connectivity index (χ1) is 11.2. The highest BCUT2D eigenvalue weighted by atomic mass is 16.6. The molecule has 0 aromatic heterocycles. The molecule has 120 valence electrons. The van der Waals surface area contributed by atoms with Gasteiger partial charge in [0, 0.05) is 17.0 Å². The van der Waals surface area contributed by atoms with Crippen molar-refractivity contribution >= 4 is 5.69 Å². The van der Waals surface area contributed by atoms with E-state index in [4.69, 9.17) is 4.74 Å². The zero-order chi connectivity index (χ0) is 16.1. The van der Waals surface area contributed by atoms with Crippen molar-refractivity contribution in [3.63, 3.8) is 0 Å². The molecule has 2 atom stereocenters. The number of para-hydroxylation sites is 1. The lowest BCUT2D eigenvalue weighted by atomic mass is 9.90. The quantitative estimate of drug-likeness (QED) is 0.653. The summed E-state index contributed by atoms with van der Waals surface area (Å²) in [6.07, 6.45) is 3.47. The Hall–Kier alpha value is -2.56. The van der Waals surface area contributed by atoms with Gasteiger partial charge in [-0.25, -0.2) is 0 Å². The van der Waals surface area contributed by atoms with E-state index in [1.165, 1.54) is 0 Å². The lowest BCUT2D eigenvalue weighted by Crippen LogP contribution is -2.41. The topological polar surface area (TPSA) is 64.4 Å². The maximum Gasteiger partial charge on any atom is 0.232 e. The Morgan fingerprint density at radius 3 is 2.30 bits per heavy atom. The predicted molar refractivity (Wildman–Crippen MR) is 89.6 cm³/mol. The number of hydrogen-bond acceptors (Lipinski definition) is 4. The highest BCUT2D eigenvalue weighted by Crippen LogP contribution is 2.26. The van der Waals surface area contributed by atoms with Crippen molar-refractivity contribution in [2.24, 2.45) is 0 Å². The predicted octanol–water partition coefficient (Wildman–Crippen LogP) is 4.48. The zero-order valence-electron chi connectivity index (χ0n) is 12.9. The summed E-state index contributed by atoms with van der Waals surface area (Å²) < 4.78 is 5.75. The molecule has 1 fully saturated rings. The van der Waals surface area contributed by atoms with Gasteiger partial charge in [0.15, 0.2) is 0 Å². The van der Waals surface area contributed by atoms with E-state index in [2.05, 4.69) is 5.32 Å². The number of rotatable bonds is 5. The second kappa shape index (κ2) is 7.13. The van der Waals surface area contributed by atoms with Crippen LogP contribution in [0, 0.1) is 10.1 Å². The molecule has 5 heteroatoms. The average Bonchev–Trinajstić information content (AvgIpc) is 2.58. The van der Waals surface area contributed by atoms with Gasteiger partial charge in [0.1, 0.15) is 11.5 Å². The zero-order valence-corrected chi connectivity index (χ0v) is 12.9. The van der Waals surface area contributed by atoms with Gasteiger partial charge in [-0.3, -0.25) is 10.1 Å². The number of hydrogen-bond donors (Lipinski definition) is 1. The minimum Gasteiger partial charge on any atom is -0.457 e. The third-order valence-electron chi connectivity index (χ3n) is 4.19. The second-order valence-electron chi connectivity index (χ2n) is 5.83. The molecule has 0 aliphatic heterocycles. The average molecular weight is 312 g/mol. The molecule has 0 bridgehead atoms. The molecule has 0 amide bonds. The molecule has 0 spiro atoms. The maximum atomic E-state index is 11.2. The summed E-state index contributed by atoms with van der Waals surface area (Å²) in [7, 11) is 0. The van der Waals surface area contributed by atoms with Crippen LogP contribution in [0.2, 0.25) is 0 Å². The van der Waals surface area contributed by atoms with Crippen LogP contribution in [0.5, 0.6) is 11.5 Å². The molecule has 0 radical (unpaired) electrons. The first-order valence-electron chi connectivity index (χ1n) is 7.95. The highest BCUT2D eigenvalue weighted by Gasteiger charge is 2.33. The van der Waals surface area contributed by atoms with E-state index in [-0.39, 0.29) is 11.0 Å². The number of nitro groups is 1. The Morgan fingerprint density at radius 1 is 0.957 bits per heavy atom. The highest BCUT2D eigenvalue weighted by molar-refractivity contribution is 5.48. The summed E-state index contributed by atoms with van der Waals surface area (Å²) in [5.41, 5.74) is 0.893. The molecular weight excluding hydrogens is 292 g/mol. The Morgan fingerprint density at radius 2 is 1.61 bits per heavy atom. The van der Waals surface area contributed by atoms with Gasteiger partial charge in [-0.15, -0.1) is 0 Å².